The second-order valence-electron chi connectivity index (χ2n) is 11.4. The van der Waals surface area contributed by atoms with Gasteiger partial charge in [0, 0.05) is 60.0 Å². The van der Waals surface area contributed by atoms with Gasteiger partial charge >= 0.3 is 0 Å². The Morgan fingerprint density at radius 2 is 1.87 bits per heavy atom. The van der Waals surface area contributed by atoms with Crippen LogP contribution in [-0.2, 0) is 28.0 Å². The second-order valence-corrected chi connectivity index (χ2v) is 12.8. The molecule has 2 aromatic heterocycles. The maximum atomic E-state index is 13.8. The molecule has 202 valence electrons. The first kappa shape index (κ1) is 25.0. The summed E-state index contributed by atoms with van der Waals surface area (Å²) in [5.41, 5.74) is 3.76. The monoisotopic (exact) mass is 562 g/mol. The summed E-state index contributed by atoms with van der Waals surface area (Å²) in [4.78, 5) is 36.0. The van der Waals surface area contributed by atoms with E-state index >= 15 is 0 Å². The number of piperidine rings is 1. The minimum atomic E-state index is -0.371. The highest BCUT2D eigenvalue weighted by atomic mass is 35.5. The smallest absolute Gasteiger partial charge is 0.226 e. The molecule has 1 saturated carbocycles. The average molecular weight is 563 g/mol. The SMILES string of the molecule is CC(=O)N1CCC(N(C)C(=O)[C@@H]2Cc3sc4c(c3C2)C(c2ccccc2Cl)=NC2(CC2)c2nnc(C)n2-4)CC1. The van der Waals surface area contributed by atoms with Gasteiger partial charge in [-0.25, -0.2) is 0 Å². The summed E-state index contributed by atoms with van der Waals surface area (Å²) in [5, 5.41) is 10.8. The molecule has 2 fully saturated rings. The number of aryl methyl sites for hydroxylation is 1. The van der Waals surface area contributed by atoms with Crippen molar-refractivity contribution in [3.8, 4) is 5.00 Å². The van der Waals surface area contributed by atoms with Crippen molar-refractivity contribution in [3.05, 3.63) is 62.5 Å². The molecule has 2 aliphatic carbocycles. The van der Waals surface area contributed by atoms with Crippen LogP contribution in [0.15, 0.2) is 29.3 Å². The van der Waals surface area contributed by atoms with Gasteiger partial charge in [-0.15, -0.1) is 21.5 Å². The minimum Gasteiger partial charge on any atom is -0.343 e. The highest BCUT2D eigenvalue weighted by Gasteiger charge is 2.52. The molecule has 2 aliphatic heterocycles. The van der Waals surface area contributed by atoms with Gasteiger partial charge < -0.3 is 9.80 Å². The molecule has 0 unspecified atom stereocenters. The number of hydrogen-bond donors (Lipinski definition) is 0. The number of carbonyl (C=O) groups is 2. The van der Waals surface area contributed by atoms with E-state index in [1.165, 1.54) is 10.4 Å². The quantitative estimate of drug-likeness (QED) is 0.476. The fraction of sp³-hybridized carbons (Fsp3) is 0.483. The largest absolute Gasteiger partial charge is 0.343 e. The summed E-state index contributed by atoms with van der Waals surface area (Å²) in [6.45, 7) is 5.04. The third-order valence-corrected chi connectivity index (χ3v) is 10.5. The van der Waals surface area contributed by atoms with Crippen LogP contribution in [0.2, 0.25) is 5.02 Å². The average Bonchev–Trinajstić information content (AvgIpc) is 3.27. The van der Waals surface area contributed by atoms with Gasteiger partial charge in [-0.2, -0.15) is 0 Å². The van der Waals surface area contributed by atoms with Crippen molar-refractivity contribution in [1.82, 2.24) is 24.6 Å². The first-order chi connectivity index (χ1) is 18.8. The van der Waals surface area contributed by atoms with Gasteiger partial charge in [-0.05, 0) is 57.1 Å². The number of amides is 2. The van der Waals surface area contributed by atoms with E-state index in [0.29, 0.717) is 24.5 Å². The van der Waals surface area contributed by atoms with E-state index in [1.54, 1.807) is 18.3 Å². The molecule has 1 aromatic carbocycles. The summed E-state index contributed by atoms with van der Waals surface area (Å²) in [5.74, 6) is 1.97. The number of carbonyl (C=O) groups excluding carboxylic acids is 2. The molecule has 2 amide bonds. The van der Waals surface area contributed by atoms with Gasteiger partial charge in [0.2, 0.25) is 11.8 Å². The van der Waals surface area contributed by atoms with E-state index in [0.717, 1.165) is 65.6 Å². The molecule has 0 radical (unpaired) electrons. The van der Waals surface area contributed by atoms with Crippen molar-refractivity contribution >= 4 is 40.5 Å². The van der Waals surface area contributed by atoms with Crippen LogP contribution in [0.3, 0.4) is 0 Å². The van der Waals surface area contributed by atoms with Gasteiger partial charge in [-0.3, -0.25) is 19.1 Å². The van der Waals surface area contributed by atoms with Crippen molar-refractivity contribution in [2.45, 2.75) is 64.0 Å². The molecule has 10 heteroatoms. The van der Waals surface area contributed by atoms with E-state index in [9.17, 15) is 9.59 Å². The lowest BCUT2D eigenvalue weighted by Gasteiger charge is -2.37. The highest BCUT2D eigenvalue weighted by molar-refractivity contribution is 7.15. The number of aromatic nitrogens is 3. The van der Waals surface area contributed by atoms with Gasteiger partial charge in [0.15, 0.2) is 5.82 Å². The van der Waals surface area contributed by atoms with Crippen molar-refractivity contribution in [3.63, 3.8) is 0 Å². The van der Waals surface area contributed by atoms with Gasteiger partial charge in [0.05, 0.1) is 5.71 Å². The highest BCUT2D eigenvalue weighted by Crippen LogP contribution is 2.54. The van der Waals surface area contributed by atoms with Gasteiger partial charge in [0.1, 0.15) is 16.4 Å². The summed E-state index contributed by atoms with van der Waals surface area (Å²) in [6.07, 6.45) is 4.93. The maximum absolute atomic E-state index is 13.8. The molecule has 1 spiro atoms. The van der Waals surface area contributed by atoms with Crippen LogP contribution >= 0.6 is 22.9 Å². The van der Waals surface area contributed by atoms with Crippen molar-refractivity contribution in [2.24, 2.45) is 10.9 Å². The van der Waals surface area contributed by atoms with E-state index < -0.39 is 0 Å². The lowest BCUT2D eigenvalue weighted by atomic mass is 9.96. The third kappa shape index (κ3) is 3.88. The standard InChI is InChI=1S/C29H31ClN6O2S/c1-16-32-33-28-29(10-11-29)31-25(20-6-4-5-7-22(20)30)24-21-14-18(15-23(21)39-27(24)36(16)28)26(38)34(3)19-8-12-35(13-9-19)17(2)37/h4-7,18-19H,8-15H2,1-3H3/t18-/m0/s1. The number of nitrogens with zero attached hydrogens (tertiary/aromatic N) is 6. The fourth-order valence-corrected chi connectivity index (χ4v) is 8.25. The normalized spacial score (nSPS) is 21.2. The Morgan fingerprint density at radius 3 is 2.56 bits per heavy atom. The number of aliphatic imine (C=N–C) groups is 1. The summed E-state index contributed by atoms with van der Waals surface area (Å²) in [6, 6.07) is 8.08. The molecule has 8 nitrogen and oxygen atoms in total. The van der Waals surface area contributed by atoms with Crippen LogP contribution in [0.25, 0.3) is 5.00 Å². The predicted molar refractivity (Wildman–Crippen MR) is 151 cm³/mol. The van der Waals surface area contributed by atoms with E-state index in [1.807, 2.05) is 48.0 Å². The van der Waals surface area contributed by atoms with Crippen LogP contribution in [-0.4, -0.2) is 68.3 Å². The Balaban J connectivity index is 1.25. The first-order valence-electron chi connectivity index (χ1n) is 13.7. The summed E-state index contributed by atoms with van der Waals surface area (Å²) in [7, 11) is 1.93. The van der Waals surface area contributed by atoms with Crippen LogP contribution in [0, 0.1) is 12.8 Å². The van der Waals surface area contributed by atoms with Gasteiger partial charge in [0.25, 0.3) is 0 Å². The molecule has 4 aliphatic rings. The molecular weight excluding hydrogens is 532 g/mol. The predicted octanol–water partition coefficient (Wildman–Crippen LogP) is 4.31. The van der Waals surface area contributed by atoms with E-state index in [-0.39, 0.29) is 29.3 Å². The summed E-state index contributed by atoms with van der Waals surface area (Å²) >= 11 is 8.51. The molecule has 3 aromatic rings. The lowest BCUT2D eigenvalue weighted by Crippen LogP contribution is -2.48. The molecule has 0 N–H and O–H groups in total. The number of rotatable bonds is 3. The Morgan fingerprint density at radius 1 is 1.13 bits per heavy atom. The lowest BCUT2D eigenvalue weighted by molar-refractivity contribution is -0.137. The molecule has 7 rings (SSSR count). The number of fused-ring (bicyclic) bond motifs is 6. The molecule has 39 heavy (non-hydrogen) atoms. The minimum absolute atomic E-state index is 0.0977. The Kier molecular flexibility index (Phi) is 5.76. The van der Waals surface area contributed by atoms with Crippen LogP contribution in [0.5, 0.6) is 0 Å². The zero-order valence-electron chi connectivity index (χ0n) is 22.4. The second kappa shape index (κ2) is 8.99. The maximum Gasteiger partial charge on any atom is 0.226 e. The van der Waals surface area contributed by atoms with Crippen molar-refractivity contribution in [1.29, 1.82) is 0 Å². The molecular formula is C29H31ClN6O2S. The Labute approximate surface area is 236 Å². The summed E-state index contributed by atoms with van der Waals surface area (Å²) < 4.78 is 2.20. The fourth-order valence-electron chi connectivity index (χ4n) is 6.56. The van der Waals surface area contributed by atoms with Crippen LogP contribution in [0.4, 0.5) is 0 Å². The zero-order valence-corrected chi connectivity index (χ0v) is 24.0. The molecule has 0 bridgehead atoms. The number of hydrogen-bond acceptors (Lipinski definition) is 6. The number of likely N-dealkylation sites (tertiary alicyclic amines) is 1. The van der Waals surface area contributed by atoms with E-state index in [4.69, 9.17) is 16.6 Å². The number of halogens is 1. The molecule has 4 heterocycles. The van der Waals surface area contributed by atoms with Crippen LogP contribution < -0.4 is 0 Å². The first-order valence-corrected chi connectivity index (χ1v) is 14.9. The number of thiophene rings is 1. The number of benzene rings is 1. The van der Waals surface area contributed by atoms with Crippen molar-refractivity contribution < 1.29 is 9.59 Å². The third-order valence-electron chi connectivity index (χ3n) is 8.97. The Bertz CT molecular complexity index is 1540. The topological polar surface area (TPSA) is 83.7 Å². The van der Waals surface area contributed by atoms with Crippen LogP contribution in [0.1, 0.15) is 65.8 Å². The zero-order chi connectivity index (χ0) is 27.1. The van der Waals surface area contributed by atoms with Crippen molar-refractivity contribution in [2.75, 3.05) is 20.1 Å². The Hall–Kier alpha value is -3.04. The molecule has 1 saturated heterocycles. The van der Waals surface area contributed by atoms with Gasteiger partial charge in [-0.1, -0.05) is 29.8 Å². The van der Waals surface area contributed by atoms with E-state index in [2.05, 4.69) is 14.8 Å². The molecule has 1 atom stereocenters.